The molecule has 6 heteroatoms. The molecular weight excluding hydrogens is 254 g/mol. The van der Waals surface area contributed by atoms with Crippen LogP contribution in [-0.2, 0) is 0 Å². The third-order valence-corrected chi connectivity index (χ3v) is 3.28. The van der Waals surface area contributed by atoms with Crippen molar-refractivity contribution < 1.29 is 18.3 Å². The molecule has 2 rings (SSSR count). The molecule has 0 spiro atoms. The maximum Gasteiger partial charge on any atom is 0.257 e. The molecule has 1 fully saturated rings. The number of hydrogen-bond donors (Lipinski definition) is 0. The van der Waals surface area contributed by atoms with Crippen molar-refractivity contribution in [2.24, 2.45) is 0 Å². The Morgan fingerprint density at radius 2 is 1.84 bits per heavy atom. The lowest BCUT2D eigenvalue weighted by Gasteiger charge is -2.32. The van der Waals surface area contributed by atoms with Crippen LogP contribution in [0.25, 0.3) is 0 Å². The van der Waals surface area contributed by atoms with Gasteiger partial charge in [-0.05, 0) is 19.2 Å². The zero-order valence-electron chi connectivity index (χ0n) is 10.9. The lowest BCUT2D eigenvalue weighted by molar-refractivity contribution is 0.0659. The minimum atomic E-state index is -1.12. The van der Waals surface area contributed by atoms with Gasteiger partial charge in [-0.1, -0.05) is 0 Å². The summed E-state index contributed by atoms with van der Waals surface area (Å²) in [6.45, 7) is 2.66. The highest BCUT2D eigenvalue weighted by molar-refractivity contribution is 5.97. The second-order valence-electron chi connectivity index (χ2n) is 4.54. The second kappa shape index (κ2) is 5.52. The second-order valence-corrected chi connectivity index (χ2v) is 4.54. The molecule has 4 nitrogen and oxygen atoms in total. The molecule has 1 aliphatic heterocycles. The summed E-state index contributed by atoms with van der Waals surface area (Å²) in [5.41, 5.74) is 0.0611. The van der Waals surface area contributed by atoms with E-state index in [4.69, 9.17) is 4.74 Å². The first kappa shape index (κ1) is 13.7. The predicted molar refractivity (Wildman–Crippen MR) is 66.3 cm³/mol. The van der Waals surface area contributed by atoms with Gasteiger partial charge in [0.2, 0.25) is 5.82 Å². The molecule has 0 bridgehead atoms. The van der Waals surface area contributed by atoms with Crippen molar-refractivity contribution in [1.29, 1.82) is 0 Å². The van der Waals surface area contributed by atoms with Gasteiger partial charge >= 0.3 is 0 Å². The fraction of sp³-hybridized carbons (Fsp3) is 0.462. The summed E-state index contributed by atoms with van der Waals surface area (Å²) in [7, 11) is 3.19. The van der Waals surface area contributed by atoms with Gasteiger partial charge in [-0.2, -0.15) is 4.39 Å². The van der Waals surface area contributed by atoms with Gasteiger partial charge < -0.3 is 14.5 Å². The Hall–Kier alpha value is -1.69. The van der Waals surface area contributed by atoms with Crippen LogP contribution in [0.2, 0.25) is 0 Å². The Bertz CT molecular complexity index is 486. The van der Waals surface area contributed by atoms with E-state index in [0.29, 0.717) is 13.1 Å². The summed E-state index contributed by atoms with van der Waals surface area (Å²) >= 11 is 0. The summed E-state index contributed by atoms with van der Waals surface area (Å²) < 4.78 is 31.5. The fourth-order valence-electron chi connectivity index (χ4n) is 2.08. The summed E-state index contributed by atoms with van der Waals surface area (Å²) in [6, 6.07) is 2.21. The molecule has 0 unspecified atom stereocenters. The van der Waals surface area contributed by atoms with Crippen molar-refractivity contribution >= 4 is 5.91 Å². The van der Waals surface area contributed by atoms with Crippen LogP contribution in [0.1, 0.15) is 10.4 Å². The number of likely N-dealkylation sites (N-methyl/N-ethyl adjacent to an activating group) is 1. The largest absolute Gasteiger partial charge is 0.493 e. The van der Waals surface area contributed by atoms with Crippen LogP contribution < -0.4 is 4.74 Å². The minimum Gasteiger partial charge on any atom is -0.493 e. The molecule has 1 heterocycles. The van der Waals surface area contributed by atoms with Crippen LogP contribution in [-0.4, -0.2) is 56.0 Å². The number of piperazine rings is 1. The first-order valence-electron chi connectivity index (χ1n) is 6.04. The van der Waals surface area contributed by atoms with E-state index in [9.17, 15) is 13.6 Å². The molecule has 0 saturated carbocycles. The Kier molecular flexibility index (Phi) is 3.99. The summed E-state index contributed by atoms with van der Waals surface area (Å²) in [4.78, 5) is 16.0. The van der Waals surface area contributed by atoms with Gasteiger partial charge in [-0.25, -0.2) is 4.39 Å². The van der Waals surface area contributed by atoms with Gasteiger partial charge in [0.05, 0.1) is 12.7 Å². The molecule has 0 aliphatic carbocycles. The molecule has 104 valence electrons. The van der Waals surface area contributed by atoms with Crippen LogP contribution in [0.4, 0.5) is 8.78 Å². The van der Waals surface area contributed by atoms with Gasteiger partial charge in [0.15, 0.2) is 11.6 Å². The molecule has 1 aromatic carbocycles. The molecule has 1 aliphatic rings. The molecule has 0 aromatic heterocycles. The average molecular weight is 270 g/mol. The molecule has 0 radical (unpaired) electrons. The minimum absolute atomic E-state index is 0.0611. The van der Waals surface area contributed by atoms with E-state index in [2.05, 4.69) is 4.90 Å². The van der Waals surface area contributed by atoms with Crippen molar-refractivity contribution in [3.05, 3.63) is 29.3 Å². The highest BCUT2D eigenvalue weighted by Crippen LogP contribution is 2.26. The number of ether oxygens (including phenoxy) is 1. The van der Waals surface area contributed by atoms with Crippen LogP contribution in [0.3, 0.4) is 0 Å². The summed E-state index contributed by atoms with van der Waals surface area (Å²) in [5, 5.41) is 0. The molecule has 0 N–H and O–H groups in total. The van der Waals surface area contributed by atoms with E-state index in [1.54, 1.807) is 4.90 Å². The van der Waals surface area contributed by atoms with Gasteiger partial charge in [0.25, 0.3) is 5.91 Å². The van der Waals surface area contributed by atoms with Gasteiger partial charge in [-0.3, -0.25) is 4.79 Å². The molecule has 19 heavy (non-hydrogen) atoms. The molecule has 1 amide bonds. The lowest BCUT2D eigenvalue weighted by Crippen LogP contribution is -2.47. The SMILES string of the molecule is COc1c(C(=O)N2CCN(C)CC2)ccc(F)c1F. The zero-order valence-corrected chi connectivity index (χ0v) is 10.9. The first-order valence-corrected chi connectivity index (χ1v) is 6.04. The molecule has 0 atom stereocenters. The Morgan fingerprint density at radius 3 is 2.42 bits per heavy atom. The molecule has 1 saturated heterocycles. The highest BCUT2D eigenvalue weighted by Gasteiger charge is 2.25. The highest BCUT2D eigenvalue weighted by atomic mass is 19.2. The van der Waals surface area contributed by atoms with E-state index in [0.717, 1.165) is 19.2 Å². The lowest BCUT2D eigenvalue weighted by atomic mass is 10.1. The van der Waals surface area contributed by atoms with Gasteiger partial charge in [0.1, 0.15) is 0 Å². The standard InChI is InChI=1S/C13H16F2N2O2/c1-16-5-7-17(8-6-16)13(18)9-3-4-10(14)11(15)12(9)19-2/h3-4H,5-8H2,1-2H3. The van der Waals surface area contributed by atoms with Crippen LogP contribution in [0, 0.1) is 11.6 Å². The number of methoxy groups -OCH3 is 1. The maximum atomic E-state index is 13.6. The van der Waals surface area contributed by atoms with Crippen molar-refractivity contribution in [2.75, 3.05) is 40.3 Å². The number of carbonyl (C=O) groups is 1. The Balaban J connectivity index is 2.26. The van der Waals surface area contributed by atoms with Crippen LogP contribution >= 0.6 is 0 Å². The third-order valence-electron chi connectivity index (χ3n) is 3.28. The van der Waals surface area contributed by atoms with Crippen molar-refractivity contribution in [2.45, 2.75) is 0 Å². The zero-order chi connectivity index (χ0) is 14.0. The topological polar surface area (TPSA) is 32.8 Å². The third kappa shape index (κ3) is 2.68. The molecular formula is C13H16F2N2O2. The van der Waals surface area contributed by atoms with Crippen molar-refractivity contribution in [3.8, 4) is 5.75 Å². The number of rotatable bonds is 2. The fourth-order valence-corrected chi connectivity index (χ4v) is 2.08. The number of nitrogens with zero attached hydrogens (tertiary/aromatic N) is 2. The summed E-state index contributed by atoms with van der Waals surface area (Å²) in [5.74, 6) is -2.80. The van der Waals surface area contributed by atoms with E-state index < -0.39 is 11.6 Å². The number of benzene rings is 1. The van der Waals surface area contributed by atoms with E-state index in [-0.39, 0.29) is 17.2 Å². The van der Waals surface area contributed by atoms with Crippen LogP contribution in [0.5, 0.6) is 5.75 Å². The van der Waals surface area contributed by atoms with E-state index in [1.807, 2.05) is 7.05 Å². The number of hydrogen-bond acceptors (Lipinski definition) is 3. The number of carbonyl (C=O) groups excluding carboxylic acids is 1. The van der Waals surface area contributed by atoms with Crippen LogP contribution in [0.15, 0.2) is 12.1 Å². The van der Waals surface area contributed by atoms with Crippen molar-refractivity contribution in [3.63, 3.8) is 0 Å². The Morgan fingerprint density at radius 1 is 1.21 bits per heavy atom. The summed E-state index contributed by atoms with van der Waals surface area (Å²) in [6.07, 6.45) is 0. The maximum absolute atomic E-state index is 13.6. The average Bonchev–Trinajstić information content (AvgIpc) is 2.41. The molecule has 1 aromatic rings. The number of amides is 1. The Labute approximate surface area is 110 Å². The van der Waals surface area contributed by atoms with Gasteiger partial charge in [0, 0.05) is 26.2 Å². The van der Waals surface area contributed by atoms with Gasteiger partial charge in [-0.15, -0.1) is 0 Å². The quantitative estimate of drug-likeness (QED) is 0.813. The monoisotopic (exact) mass is 270 g/mol. The first-order chi connectivity index (χ1) is 9.04. The number of halogens is 2. The predicted octanol–water partition coefficient (Wildman–Crippen LogP) is 1.36. The van der Waals surface area contributed by atoms with E-state index >= 15 is 0 Å². The smallest absolute Gasteiger partial charge is 0.257 e. The van der Waals surface area contributed by atoms with Crippen molar-refractivity contribution in [1.82, 2.24) is 9.80 Å². The normalized spacial score (nSPS) is 16.5. The van der Waals surface area contributed by atoms with E-state index in [1.165, 1.54) is 13.2 Å².